The molecule has 1 fully saturated rings. The van der Waals surface area contributed by atoms with Crippen LogP contribution in [-0.2, 0) is 0 Å². The molecular weight excluding hydrogens is 165 g/mol. The fourth-order valence-electron chi connectivity index (χ4n) is 2.24. The van der Waals surface area contributed by atoms with Crippen LogP contribution in [-0.4, -0.2) is 18.3 Å². The first-order valence-corrected chi connectivity index (χ1v) is 5.56. The molecule has 2 heteroatoms. The van der Waals surface area contributed by atoms with E-state index in [0.717, 1.165) is 19.4 Å². The van der Waals surface area contributed by atoms with Crippen molar-refractivity contribution >= 4 is 0 Å². The van der Waals surface area contributed by atoms with Gasteiger partial charge in [0.05, 0.1) is 0 Å². The molecule has 0 aromatic heterocycles. The van der Waals surface area contributed by atoms with Crippen molar-refractivity contribution in [2.45, 2.75) is 64.1 Å². The van der Waals surface area contributed by atoms with Gasteiger partial charge in [-0.25, -0.2) is 4.39 Å². The van der Waals surface area contributed by atoms with E-state index in [9.17, 15) is 4.39 Å². The zero-order valence-electron chi connectivity index (χ0n) is 8.91. The highest BCUT2D eigenvalue weighted by Gasteiger charge is 2.27. The molecule has 0 amide bonds. The molecular formula is C11H22FN. The van der Waals surface area contributed by atoms with E-state index in [2.05, 4.69) is 5.32 Å². The molecule has 0 spiro atoms. The van der Waals surface area contributed by atoms with E-state index in [1.807, 2.05) is 6.92 Å². The Morgan fingerprint density at radius 2 is 2.23 bits per heavy atom. The average Bonchev–Trinajstić information content (AvgIpc) is 2.04. The van der Waals surface area contributed by atoms with Crippen LogP contribution in [0.2, 0.25) is 0 Å². The molecule has 0 saturated carbocycles. The van der Waals surface area contributed by atoms with Crippen LogP contribution in [0.1, 0.15) is 52.4 Å². The van der Waals surface area contributed by atoms with E-state index < -0.39 is 5.67 Å². The van der Waals surface area contributed by atoms with Crippen LogP contribution in [0.3, 0.4) is 0 Å². The summed E-state index contributed by atoms with van der Waals surface area (Å²) in [5, 5.41) is 3.39. The van der Waals surface area contributed by atoms with Crippen LogP contribution in [0.4, 0.5) is 4.39 Å². The van der Waals surface area contributed by atoms with Gasteiger partial charge in [-0.3, -0.25) is 0 Å². The fourth-order valence-corrected chi connectivity index (χ4v) is 2.24. The SMILES string of the molecule is CCCC(C)(F)CC1CCCCN1. The Hall–Kier alpha value is -0.110. The van der Waals surface area contributed by atoms with Crippen LogP contribution in [0.25, 0.3) is 0 Å². The Balaban J connectivity index is 2.28. The Morgan fingerprint density at radius 1 is 1.46 bits per heavy atom. The normalized spacial score (nSPS) is 28.4. The van der Waals surface area contributed by atoms with Crippen LogP contribution in [0, 0.1) is 0 Å². The summed E-state index contributed by atoms with van der Waals surface area (Å²) in [6.07, 6.45) is 6.02. The molecule has 0 aromatic rings. The van der Waals surface area contributed by atoms with Gasteiger partial charge in [-0.05, 0) is 39.2 Å². The van der Waals surface area contributed by atoms with Gasteiger partial charge in [-0.2, -0.15) is 0 Å². The first-order chi connectivity index (χ1) is 6.14. The smallest absolute Gasteiger partial charge is 0.109 e. The second-order valence-corrected chi connectivity index (χ2v) is 4.51. The molecule has 1 heterocycles. The van der Waals surface area contributed by atoms with Gasteiger partial charge in [-0.1, -0.05) is 19.8 Å². The minimum atomic E-state index is -0.955. The first-order valence-electron chi connectivity index (χ1n) is 5.56. The second kappa shape index (κ2) is 4.94. The highest BCUT2D eigenvalue weighted by molar-refractivity contribution is 4.82. The number of hydrogen-bond donors (Lipinski definition) is 1. The van der Waals surface area contributed by atoms with Gasteiger partial charge >= 0.3 is 0 Å². The third kappa shape index (κ3) is 4.08. The summed E-state index contributed by atoms with van der Waals surface area (Å²) in [5.74, 6) is 0. The lowest BCUT2D eigenvalue weighted by molar-refractivity contribution is 0.133. The molecule has 13 heavy (non-hydrogen) atoms. The zero-order valence-corrected chi connectivity index (χ0v) is 8.91. The lowest BCUT2D eigenvalue weighted by Gasteiger charge is -2.29. The van der Waals surface area contributed by atoms with Crippen LogP contribution < -0.4 is 5.32 Å². The van der Waals surface area contributed by atoms with Gasteiger partial charge in [0, 0.05) is 6.04 Å². The maximum absolute atomic E-state index is 13.8. The monoisotopic (exact) mass is 187 g/mol. The van der Waals surface area contributed by atoms with Crippen LogP contribution in [0.5, 0.6) is 0 Å². The van der Waals surface area contributed by atoms with E-state index in [1.54, 1.807) is 6.92 Å². The van der Waals surface area contributed by atoms with Crippen molar-refractivity contribution in [2.24, 2.45) is 0 Å². The quantitative estimate of drug-likeness (QED) is 0.713. The van der Waals surface area contributed by atoms with Gasteiger partial charge in [-0.15, -0.1) is 0 Å². The van der Waals surface area contributed by atoms with Crippen molar-refractivity contribution in [1.82, 2.24) is 5.32 Å². The third-order valence-corrected chi connectivity index (χ3v) is 2.86. The largest absolute Gasteiger partial charge is 0.314 e. The number of alkyl halides is 1. The highest BCUT2D eigenvalue weighted by atomic mass is 19.1. The van der Waals surface area contributed by atoms with Crippen LogP contribution in [0.15, 0.2) is 0 Å². The van der Waals surface area contributed by atoms with E-state index >= 15 is 0 Å². The molecule has 1 nitrogen and oxygen atoms in total. The Labute approximate surface area is 81.1 Å². The number of nitrogens with one attached hydrogen (secondary N) is 1. The molecule has 78 valence electrons. The van der Waals surface area contributed by atoms with E-state index in [4.69, 9.17) is 0 Å². The summed E-state index contributed by atoms with van der Waals surface area (Å²) in [5.41, 5.74) is -0.955. The molecule has 0 aliphatic carbocycles. The fraction of sp³-hybridized carbons (Fsp3) is 1.00. The Morgan fingerprint density at radius 3 is 2.77 bits per heavy atom. The minimum Gasteiger partial charge on any atom is -0.314 e. The molecule has 0 aromatic carbocycles. The zero-order chi connectivity index (χ0) is 9.73. The molecule has 1 N–H and O–H groups in total. The Kier molecular flexibility index (Phi) is 4.17. The number of rotatable bonds is 4. The van der Waals surface area contributed by atoms with Gasteiger partial charge in [0.1, 0.15) is 5.67 Å². The van der Waals surface area contributed by atoms with Gasteiger partial charge in [0.2, 0.25) is 0 Å². The molecule has 2 unspecified atom stereocenters. The molecule has 1 saturated heterocycles. The number of halogens is 1. The van der Waals surface area contributed by atoms with Crippen molar-refractivity contribution < 1.29 is 4.39 Å². The summed E-state index contributed by atoms with van der Waals surface area (Å²) in [6.45, 7) is 4.87. The van der Waals surface area contributed by atoms with Gasteiger partial charge in [0.15, 0.2) is 0 Å². The maximum Gasteiger partial charge on any atom is 0.109 e. The van der Waals surface area contributed by atoms with Crippen LogP contribution >= 0.6 is 0 Å². The second-order valence-electron chi connectivity index (χ2n) is 4.51. The maximum atomic E-state index is 13.8. The molecule has 1 aliphatic heterocycles. The third-order valence-electron chi connectivity index (χ3n) is 2.86. The molecule has 1 rings (SSSR count). The summed E-state index contributed by atoms with van der Waals surface area (Å²) < 4.78 is 13.8. The van der Waals surface area contributed by atoms with E-state index in [0.29, 0.717) is 18.9 Å². The van der Waals surface area contributed by atoms with Crippen molar-refractivity contribution in [3.63, 3.8) is 0 Å². The predicted octanol–water partition coefficient (Wildman–Crippen LogP) is 3.05. The van der Waals surface area contributed by atoms with Crippen molar-refractivity contribution in [3.05, 3.63) is 0 Å². The predicted molar refractivity (Wildman–Crippen MR) is 54.7 cm³/mol. The Bertz CT molecular complexity index is 139. The molecule has 1 aliphatic rings. The molecule has 0 radical (unpaired) electrons. The minimum absolute atomic E-state index is 0.426. The summed E-state index contributed by atoms with van der Waals surface area (Å²) in [7, 11) is 0. The average molecular weight is 187 g/mol. The standard InChI is InChI=1S/C11H22FN/c1-3-7-11(2,12)9-10-6-4-5-8-13-10/h10,13H,3-9H2,1-2H3. The van der Waals surface area contributed by atoms with Crippen molar-refractivity contribution in [2.75, 3.05) is 6.54 Å². The van der Waals surface area contributed by atoms with Crippen molar-refractivity contribution in [3.8, 4) is 0 Å². The lowest BCUT2D eigenvalue weighted by atomic mass is 9.90. The summed E-state index contributed by atoms with van der Waals surface area (Å²) >= 11 is 0. The van der Waals surface area contributed by atoms with Gasteiger partial charge in [0.25, 0.3) is 0 Å². The molecule has 2 atom stereocenters. The van der Waals surface area contributed by atoms with Crippen molar-refractivity contribution in [1.29, 1.82) is 0 Å². The number of hydrogen-bond acceptors (Lipinski definition) is 1. The van der Waals surface area contributed by atoms with E-state index in [1.165, 1.54) is 12.8 Å². The van der Waals surface area contributed by atoms with E-state index in [-0.39, 0.29) is 0 Å². The summed E-state index contributed by atoms with van der Waals surface area (Å²) in [4.78, 5) is 0. The highest BCUT2D eigenvalue weighted by Crippen LogP contribution is 2.26. The first kappa shape index (κ1) is 11.0. The topological polar surface area (TPSA) is 12.0 Å². The van der Waals surface area contributed by atoms with Gasteiger partial charge < -0.3 is 5.32 Å². The summed E-state index contributed by atoms with van der Waals surface area (Å²) in [6, 6.07) is 0.426. The number of piperidine rings is 1. The molecule has 0 bridgehead atoms. The lowest BCUT2D eigenvalue weighted by Crippen LogP contribution is -2.39.